The molecule has 2 amide bonds. The van der Waals surface area contributed by atoms with Gasteiger partial charge in [-0.25, -0.2) is 0 Å². The normalized spacial score (nSPS) is 17.5. The molecule has 2 aliphatic heterocycles. The van der Waals surface area contributed by atoms with E-state index in [4.69, 9.17) is 9.47 Å². The number of amides is 2. The zero-order valence-corrected chi connectivity index (χ0v) is 17.3. The molecule has 2 aromatic carbocycles. The van der Waals surface area contributed by atoms with Crippen molar-refractivity contribution in [3.63, 3.8) is 0 Å². The number of rotatable bonds is 6. The monoisotopic (exact) mass is 406 g/mol. The van der Waals surface area contributed by atoms with Gasteiger partial charge >= 0.3 is 0 Å². The number of nitrogens with zero attached hydrogens (tertiary/aromatic N) is 1. The maximum absolute atomic E-state index is 12.2. The van der Waals surface area contributed by atoms with Crippen LogP contribution in [0.5, 0.6) is 0 Å². The molecule has 1 fully saturated rings. The van der Waals surface area contributed by atoms with E-state index in [1.807, 2.05) is 49.4 Å². The highest BCUT2D eigenvalue weighted by Gasteiger charge is 2.39. The van der Waals surface area contributed by atoms with Gasteiger partial charge in [0.25, 0.3) is 0 Å². The summed E-state index contributed by atoms with van der Waals surface area (Å²) in [5.74, 6) is -0.977. The lowest BCUT2D eigenvalue weighted by atomic mass is 9.98. The molecule has 6 nitrogen and oxygen atoms in total. The van der Waals surface area contributed by atoms with Gasteiger partial charge in [0.2, 0.25) is 11.8 Å². The molecule has 0 radical (unpaired) electrons. The minimum absolute atomic E-state index is 0.0806. The van der Waals surface area contributed by atoms with Gasteiger partial charge in [0.15, 0.2) is 5.79 Å². The van der Waals surface area contributed by atoms with Crippen LogP contribution in [0.2, 0.25) is 0 Å². The van der Waals surface area contributed by atoms with Crippen molar-refractivity contribution < 1.29 is 19.1 Å². The summed E-state index contributed by atoms with van der Waals surface area (Å²) >= 11 is 0. The molecule has 2 heterocycles. The summed E-state index contributed by atoms with van der Waals surface area (Å²) in [6.07, 6.45) is 4.20. The van der Waals surface area contributed by atoms with E-state index in [0.29, 0.717) is 32.6 Å². The fourth-order valence-electron chi connectivity index (χ4n) is 3.88. The summed E-state index contributed by atoms with van der Waals surface area (Å²) in [6.45, 7) is 3.43. The van der Waals surface area contributed by atoms with E-state index < -0.39 is 5.79 Å². The SMILES string of the molecule is Cc1ccc(/C=C/C(=O)NCCC2(c3ccc4c(c3)CC(=O)N4C)OCCO2)cc1. The number of carbonyl (C=O) groups is 2. The zero-order chi connectivity index (χ0) is 21.1. The number of hydrogen-bond acceptors (Lipinski definition) is 4. The molecule has 0 spiro atoms. The Bertz CT molecular complexity index is 975. The second-order valence-corrected chi connectivity index (χ2v) is 7.71. The third-order valence-electron chi connectivity index (χ3n) is 5.61. The summed E-state index contributed by atoms with van der Waals surface area (Å²) in [5.41, 5.74) is 4.94. The summed E-state index contributed by atoms with van der Waals surface area (Å²) in [7, 11) is 1.78. The summed E-state index contributed by atoms with van der Waals surface area (Å²) < 4.78 is 11.9. The molecule has 0 bridgehead atoms. The Morgan fingerprint density at radius 1 is 1.17 bits per heavy atom. The number of anilines is 1. The molecule has 4 rings (SSSR count). The first kappa shape index (κ1) is 20.3. The minimum atomic E-state index is -0.896. The lowest BCUT2D eigenvalue weighted by Crippen LogP contribution is -2.33. The second kappa shape index (κ2) is 8.42. The topological polar surface area (TPSA) is 67.9 Å². The number of ether oxygens (including phenoxy) is 2. The molecule has 0 atom stereocenters. The van der Waals surface area contributed by atoms with Crippen LogP contribution in [0.3, 0.4) is 0 Å². The van der Waals surface area contributed by atoms with E-state index >= 15 is 0 Å². The number of aryl methyl sites for hydroxylation is 1. The lowest BCUT2D eigenvalue weighted by Gasteiger charge is -2.28. The zero-order valence-electron chi connectivity index (χ0n) is 17.3. The molecule has 30 heavy (non-hydrogen) atoms. The van der Waals surface area contributed by atoms with Gasteiger partial charge < -0.3 is 19.7 Å². The lowest BCUT2D eigenvalue weighted by molar-refractivity contribution is -0.170. The Labute approximate surface area is 176 Å². The maximum atomic E-state index is 12.2. The van der Waals surface area contributed by atoms with Crippen molar-refractivity contribution in [2.75, 3.05) is 31.7 Å². The molecular formula is C24H26N2O4. The average molecular weight is 406 g/mol. The predicted octanol–water partition coefficient (Wildman–Crippen LogP) is 2.93. The second-order valence-electron chi connectivity index (χ2n) is 7.71. The van der Waals surface area contributed by atoms with Gasteiger partial charge in [-0.15, -0.1) is 0 Å². The van der Waals surface area contributed by atoms with E-state index in [2.05, 4.69) is 5.32 Å². The van der Waals surface area contributed by atoms with Gasteiger partial charge in [-0.1, -0.05) is 35.9 Å². The highest BCUT2D eigenvalue weighted by molar-refractivity contribution is 6.01. The van der Waals surface area contributed by atoms with Crippen LogP contribution in [0.25, 0.3) is 6.08 Å². The number of fused-ring (bicyclic) bond motifs is 1. The van der Waals surface area contributed by atoms with Gasteiger partial charge in [-0.3, -0.25) is 9.59 Å². The molecule has 0 saturated carbocycles. The molecule has 1 N–H and O–H groups in total. The predicted molar refractivity (Wildman–Crippen MR) is 115 cm³/mol. The van der Waals surface area contributed by atoms with Crippen LogP contribution in [0.4, 0.5) is 5.69 Å². The first-order valence-corrected chi connectivity index (χ1v) is 10.2. The smallest absolute Gasteiger partial charge is 0.244 e. The van der Waals surface area contributed by atoms with Crippen LogP contribution >= 0.6 is 0 Å². The van der Waals surface area contributed by atoms with Gasteiger partial charge in [-0.2, -0.15) is 0 Å². The van der Waals surface area contributed by atoms with E-state index in [1.165, 1.54) is 11.6 Å². The Kier molecular flexibility index (Phi) is 5.70. The standard InChI is InChI=1S/C24H26N2O4/c1-17-3-5-18(6-4-17)7-10-22(27)25-12-11-24(29-13-14-30-24)20-8-9-21-19(15-20)16-23(28)26(21)2/h3-10,15H,11-14,16H2,1-2H3,(H,25,27)/b10-7+. The van der Waals surface area contributed by atoms with Gasteiger partial charge in [0.05, 0.1) is 19.6 Å². The Hall–Kier alpha value is -2.96. The van der Waals surface area contributed by atoms with Crippen LogP contribution in [0, 0.1) is 6.92 Å². The van der Waals surface area contributed by atoms with Crippen molar-refractivity contribution in [2.24, 2.45) is 0 Å². The molecule has 1 saturated heterocycles. The number of likely N-dealkylation sites (N-methyl/N-ethyl adjacent to an activating group) is 1. The molecule has 0 unspecified atom stereocenters. The van der Waals surface area contributed by atoms with Crippen molar-refractivity contribution in [3.8, 4) is 0 Å². The molecule has 156 valence electrons. The van der Waals surface area contributed by atoms with Gasteiger partial charge in [0.1, 0.15) is 0 Å². The first-order chi connectivity index (χ1) is 14.5. The highest BCUT2D eigenvalue weighted by atomic mass is 16.7. The molecular weight excluding hydrogens is 380 g/mol. The van der Waals surface area contributed by atoms with E-state index in [1.54, 1.807) is 18.0 Å². The van der Waals surface area contributed by atoms with Crippen molar-refractivity contribution in [3.05, 3.63) is 70.8 Å². The Morgan fingerprint density at radius 3 is 2.63 bits per heavy atom. The average Bonchev–Trinajstić information content (AvgIpc) is 3.33. The van der Waals surface area contributed by atoms with Crippen LogP contribution in [-0.4, -0.2) is 38.6 Å². The maximum Gasteiger partial charge on any atom is 0.244 e. The van der Waals surface area contributed by atoms with Crippen LogP contribution < -0.4 is 10.2 Å². The van der Waals surface area contributed by atoms with Crippen LogP contribution in [0.15, 0.2) is 48.5 Å². The van der Waals surface area contributed by atoms with E-state index in [0.717, 1.165) is 22.4 Å². The molecule has 0 aliphatic carbocycles. The van der Waals surface area contributed by atoms with Crippen LogP contribution in [-0.2, 0) is 31.3 Å². The van der Waals surface area contributed by atoms with Crippen molar-refractivity contribution in [1.82, 2.24) is 5.32 Å². The fraction of sp³-hybridized carbons (Fsp3) is 0.333. The number of benzene rings is 2. The third-order valence-corrected chi connectivity index (χ3v) is 5.61. The van der Waals surface area contributed by atoms with Crippen molar-refractivity contribution in [2.45, 2.75) is 25.6 Å². The summed E-state index contributed by atoms with van der Waals surface area (Å²) in [4.78, 5) is 25.9. The Balaban J connectivity index is 1.39. The number of nitrogens with one attached hydrogen (secondary N) is 1. The summed E-state index contributed by atoms with van der Waals surface area (Å²) in [5, 5.41) is 2.90. The van der Waals surface area contributed by atoms with Crippen LogP contribution in [0.1, 0.15) is 28.7 Å². The van der Waals surface area contributed by atoms with Crippen molar-refractivity contribution in [1.29, 1.82) is 0 Å². The molecule has 2 aromatic rings. The van der Waals surface area contributed by atoms with Gasteiger partial charge in [-0.05, 0) is 36.3 Å². The Morgan fingerprint density at radius 2 is 1.90 bits per heavy atom. The fourth-order valence-corrected chi connectivity index (χ4v) is 3.88. The summed E-state index contributed by atoms with van der Waals surface area (Å²) in [6, 6.07) is 13.8. The molecule has 6 heteroatoms. The highest BCUT2D eigenvalue weighted by Crippen LogP contribution is 2.38. The molecule has 0 aromatic heterocycles. The first-order valence-electron chi connectivity index (χ1n) is 10.2. The minimum Gasteiger partial charge on any atom is -0.352 e. The third kappa shape index (κ3) is 4.15. The van der Waals surface area contributed by atoms with E-state index in [-0.39, 0.29) is 11.8 Å². The number of carbonyl (C=O) groups excluding carboxylic acids is 2. The van der Waals surface area contributed by atoms with Gasteiger partial charge in [0, 0.05) is 37.3 Å². The molecule has 2 aliphatic rings. The van der Waals surface area contributed by atoms with E-state index in [9.17, 15) is 9.59 Å². The largest absolute Gasteiger partial charge is 0.352 e. The van der Waals surface area contributed by atoms with Crippen molar-refractivity contribution >= 4 is 23.6 Å². The number of hydrogen-bond donors (Lipinski definition) is 1. The quantitative estimate of drug-likeness (QED) is 0.749.